The Bertz CT molecular complexity index is 1220. The maximum absolute atomic E-state index is 13.1. The van der Waals surface area contributed by atoms with Crippen molar-refractivity contribution in [3.63, 3.8) is 0 Å². The third-order valence-corrected chi connectivity index (χ3v) is 6.60. The monoisotopic (exact) mass is 437 g/mol. The average Bonchev–Trinajstić information content (AvgIpc) is 2.76. The number of hydrogen-bond acceptors (Lipinski definition) is 6. The van der Waals surface area contributed by atoms with E-state index >= 15 is 0 Å². The zero-order valence-corrected chi connectivity index (χ0v) is 18.3. The van der Waals surface area contributed by atoms with E-state index in [0.717, 1.165) is 5.56 Å². The Morgan fingerprint density at radius 2 is 2.03 bits per heavy atom. The number of amides is 1. The maximum atomic E-state index is 13.1. The van der Waals surface area contributed by atoms with Crippen LogP contribution in [-0.4, -0.2) is 27.7 Å². The molecule has 0 radical (unpaired) electrons. The summed E-state index contributed by atoms with van der Waals surface area (Å²) in [4.78, 5) is 29.9. The molecule has 4 rings (SSSR count). The summed E-state index contributed by atoms with van der Waals surface area (Å²) in [6.45, 7) is 2.05. The van der Waals surface area contributed by atoms with Crippen LogP contribution in [0, 0.1) is 6.92 Å². The Kier molecular flexibility index (Phi) is 5.73. The lowest BCUT2D eigenvalue weighted by Crippen LogP contribution is -2.33. The Morgan fingerprint density at radius 1 is 1.26 bits per heavy atom. The number of thioether (sulfide) groups is 1. The number of phenols is 1. The lowest BCUT2D eigenvalue weighted by molar-refractivity contribution is -0.116. The van der Waals surface area contributed by atoms with Crippen LogP contribution >= 0.6 is 11.8 Å². The fourth-order valence-corrected chi connectivity index (χ4v) is 4.82. The summed E-state index contributed by atoms with van der Waals surface area (Å²) < 4.78 is 6.96. The van der Waals surface area contributed by atoms with Crippen molar-refractivity contribution in [3.8, 4) is 11.5 Å². The van der Waals surface area contributed by atoms with Gasteiger partial charge in [-0.15, -0.1) is 0 Å². The summed E-state index contributed by atoms with van der Waals surface area (Å²) >= 11 is 1.46. The first-order chi connectivity index (χ1) is 14.9. The van der Waals surface area contributed by atoms with Gasteiger partial charge in [0.1, 0.15) is 5.82 Å². The molecule has 0 spiro atoms. The highest BCUT2D eigenvalue weighted by Gasteiger charge is 2.32. The van der Waals surface area contributed by atoms with E-state index in [1.54, 1.807) is 23.7 Å². The Labute approximate surface area is 184 Å². The van der Waals surface area contributed by atoms with Gasteiger partial charge in [-0.1, -0.05) is 42.1 Å². The number of phenolic OH excluding ortho intramolecular Hbond substituents is 1. The van der Waals surface area contributed by atoms with Gasteiger partial charge in [0, 0.05) is 25.1 Å². The largest absolute Gasteiger partial charge is 0.504 e. The van der Waals surface area contributed by atoms with Crippen molar-refractivity contribution >= 4 is 23.5 Å². The van der Waals surface area contributed by atoms with Gasteiger partial charge in [0.05, 0.1) is 12.7 Å². The number of anilines is 1. The second-order valence-electron chi connectivity index (χ2n) is 7.47. The molecule has 0 bridgehead atoms. The molecule has 0 saturated carbocycles. The summed E-state index contributed by atoms with van der Waals surface area (Å²) in [5.74, 6) is 0.764. The molecule has 3 aromatic rings. The molecule has 8 heteroatoms. The van der Waals surface area contributed by atoms with E-state index in [9.17, 15) is 14.7 Å². The van der Waals surface area contributed by atoms with Crippen molar-refractivity contribution in [2.75, 3.05) is 12.4 Å². The van der Waals surface area contributed by atoms with Gasteiger partial charge in [-0.3, -0.25) is 9.59 Å². The number of hydrogen-bond donors (Lipinski definition) is 2. The molecule has 160 valence electrons. The molecule has 1 aliphatic heterocycles. The molecule has 1 atom stereocenters. The number of aromatic nitrogens is 2. The van der Waals surface area contributed by atoms with E-state index in [4.69, 9.17) is 4.74 Å². The molecule has 1 unspecified atom stereocenters. The van der Waals surface area contributed by atoms with Crippen LogP contribution in [0.4, 0.5) is 5.82 Å². The third kappa shape index (κ3) is 4.03. The van der Waals surface area contributed by atoms with Gasteiger partial charge in [-0.25, -0.2) is 0 Å². The number of methoxy groups -OCH3 is 1. The minimum absolute atomic E-state index is 0.000662. The van der Waals surface area contributed by atoms with Crippen LogP contribution in [0.15, 0.2) is 52.4 Å². The molecule has 1 aliphatic rings. The van der Waals surface area contributed by atoms with Crippen LogP contribution in [0.25, 0.3) is 0 Å². The maximum Gasteiger partial charge on any atom is 0.279 e. The summed E-state index contributed by atoms with van der Waals surface area (Å²) in [5, 5.41) is 13.3. The Balaban J connectivity index is 1.74. The number of benzene rings is 2. The van der Waals surface area contributed by atoms with Gasteiger partial charge in [0.25, 0.3) is 5.56 Å². The van der Waals surface area contributed by atoms with Gasteiger partial charge in [-0.05, 0) is 35.7 Å². The number of nitrogens with zero attached hydrogens (tertiary/aromatic N) is 2. The average molecular weight is 438 g/mol. The van der Waals surface area contributed by atoms with E-state index in [-0.39, 0.29) is 23.6 Å². The molecule has 0 aliphatic carbocycles. The lowest BCUT2D eigenvalue weighted by atomic mass is 9.86. The summed E-state index contributed by atoms with van der Waals surface area (Å²) in [6.07, 6.45) is 0.119. The smallest absolute Gasteiger partial charge is 0.279 e. The zero-order valence-electron chi connectivity index (χ0n) is 17.5. The van der Waals surface area contributed by atoms with Crippen molar-refractivity contribution in [2.45, 2.75) is 30.2 Å². The predicted octanol–water partition coefficient (Wildman–Crippen LogP) is 3.57. The second-order valence-corrected chi connectivity index (χ2v) is 8.41. The van der Waals surface area contributed by atoms with E-state index in [1.807, 2.05) is 25.1 Å². The van der Waals surface area contributed by atoms with Crippen LogP contribution in [0.3, 0.4) is 0 Å². The van der Waals surface area contributed by atoms with Crippen molar-refractivity contribution < 1.29 is 14.6 Å². The highest BCUT2D eigenvalue weighted by atomic mass is 32.2. The molecule has 0 fully saturated rings. The van der Waals surface area contributed by atoms with Gasteiger partial charge in [-0.2, -0.15) is 4.98 Å². The number of aryl methyl sites for hydroxylation is 1. The van der Waals surface area contributed by atoms with Gasteiger partial charge >= 0.3 is 0 Å². The quantitative estimate of drug-likeness (QED) is 0.468. The Hall–Kier alpha value is -3.26. The minimum Gasteiger partial charge on any atom is -0.504 e. The molecule has 2 N–H and O–H groups in total. The zero-order chi connectivity index (χ0) is 22.1. The molecular formula is C23H23N3O4S. The van der Waals surface area contributed by atoms with Crippen molar-refractivity contribution in [1.82, 2.24) is 9.55 Å². The van der Waals surface area contributed by atoms with Crippen molar-refractivity contribution in [3.05, 3.63) is 75.1 Å². The SMILES string of the molecule is COc1cc(C2CC(=O)Nc3c2c(=O)nc(SCc2ccccc2C)n3C)ccc1O. The summed E-state index contributed by atoms with van der Waals surface area (Å²) in [7, 11) is 3.25. The van der Waals surface area contributed by atoms with Crippen molar-refractivity contribution in [1.29, 1.82) is 0 Å². The molecule has 1 amide bonds. The Morgan fingerprint density at radius 3 is 2.77 bits per heavy atom. The first-order valence-electron chi connectivity index (χ1n) is 9.84. The standard InChI is InChI=1S/C23H23N3O4S/c1-13-6-4-5-7-15(13)12-31-23-25-22(29)20-16(11-19(28)24-21(20)26(23)2)14-8-9-17(27)18(10-14)30-3/h4-10,16,27H,11-12H2,1-3H3,(H,24,28). The minimum atomic E-state index is -0.472. The topological polar surface area (TPSA) is 93.5 Å². The first-order valence-corrected chi connectivity index (χ1v) is 10.8. The molecule has 2 aromatic carbocycles. The van der Waals surface area contributed by atoms with Crippen LogP contribution in [-0.2, 0) is 17.6 Å². The number of ether oxygens (including phenoxy) is 1. The van der Waals surface area contributed by atoms with E-state index < -0.39 is 5.92 Å². The number of rotatable bonds is 5. The molecule has 1 aromatic heterocycles. The fourth-order valence-electron chi connectivity index (χ4n) is 3.77. The first kappa shape index (κ1) is 21.0. The number of carbonyl (C=O) groups is 1. The van der Waals surface area contributed by atoms with E-state index in [1.165, 1.54) is 30.5 Å². The lowest BCUT2D eigenvalue weighted by Gasteiger charge is -2.27. The van der Waals surface area contributed by atoms with Gasteiger partial charge < -0.3 is 19.7 Å². The molecule has 7 nitrogen and oxygen atoms in total. The summed E-state index contributed by atoms with van der Waals surface area (Å²) in [5.41, 5.74) is 3.13. The van der Waals surface area contributed by atoms with Crippen LogP contribution in [0.1, 0.15) is 34.6 Å². The molecule has 2 heterocycles. The fraction of sp³-hybridized carbons (Fsp3) is 0.261. The number of carbonyl (C=O) groups excluding carboxylic acids is 1. The number of aromatic hydroxyl groups is 1. The predicted molar refractivity (Wildman–Crippen MR) is 120 cm³/mol. The molecule has 0 saturated heterocycles. The number of nitrogens with one attached hydrogen (secondary N) is 1. The van der Waals surface area contributed by atoms with Crippen LogP contribution < -0.4 is 15.6 Å². The van der Waals surface area contributed by atoms with Gasteiger partial charge in [0.2, 0.25) is 5.91 Å². The number of fused-ring (bicyclic) bond motifs is 1. The van der Waals surface area contributed by atoms with Crippen LogP contribution in [0.2, 0.25) is 0 Å². The van der Waals surface area contributed by atoms with E-state index in [2.05, 4.69) is 16.4 Å². The molecular weight excluding hydrogens is 414 g/mol. The summed E-state index contributed by atoms with van der Waals surface area (Å²) in [6, 6.07) is 12.9. The normalized spacial score (nSPS) is 15.3. The highest BCUT2D eigenvalue weighted by molar-refractivity contribution is 7.98. The van der Waals surface area contributed by atoms with Crippen LogP contribution in [0.5, 0.6) is 11.5 Å². The third-order valence-electron chi connectivity index (χ3n) is 5.53. The van der Waals surface area contributed by atoms with Crippen molar-refractivity contribution in [2.24, 2.45) is 7.05 Å². The van der Waals surface area contributed by atoms with Gasteiger partial charge in [0.15, 0.2) is 16.7 Å². The van der Waals surface area contributed by atoms with E-state index in [0.29, 0.717) is 33.6 Å². The molecule has 31 heavy (non-hydrogen) atoms. The highest BCUT2D eigenvalue weighted by Crippen LogP contribution is 2.39. The second kappa shape index (κ2) is 8.47.